The number of nitrogens with one attached hydrogen (secondary N) is 1. The molecule has 1 heterocycles. The lowest BCUT2D eigenvalue weighted by atomic mass is 9.65. The van der Waals surface area contributed by atoms with Crippen molar-refractivity contribution < 1.29 is 10.0 Å². The molecule has 1 aromatic rings. The standard InChI is InChI=1S/C24H35NO/c1-19(2)24(26,20-11-7-6-8-12-20)13-9-10-14-25-18-23(5)16-21(25)15-22(3,4)17-23/h6-8,11-12,19,21,26H,13-18H2,1-5H3/p+1/t21-,23-,24+/m1/s1. The van der Waals surface area contributed by atoms with E-state index in [1.807, 2.05) is 30.3 Å². The molecule has 2 bridgehead atoms. The third-order valence-corrected chi connectivity index (χ3v) is 6.70. The predicted octanol–water partition coefficient (Wildman–Crippen LogP) is 3.41. The molecule has 2 nitrogen and oxygen atoms in total. The van der Waals surface area contributed by atoms with E-state index < -0.39 is 5.60 Å². The van der Waals surface area contributed by atoms with E-state index in [2.05, 4.69) is 46.5 Å². The summed E-state index contributed by atoms with van der Waals surface area (Å²) in [7, 11) is 0. The molecule has 1 aromatic carbocycles. The minimum Gasteiger partial charge on any atom is -0.384 e. The van der Waals surface area contributed by atoms with E-state index in [1.165, 1.54) is 25.8 Å². The Kier molecular flexibility index (Phi) is 5.26. The van der Waals surface area contributed by atoms with E-state index in [4.69, 9.17) is 0 Å². The van der Waals surface area contributed by atoms with Crippen LogP contribution in [0.3, 0.4) is 0 Å². The lowest BCUT2D eigenvalue weighted by Gasteiger charge is -2.37. The molecule has 142 valence electrons. The van der Waals surface area contributed by atoms with E-state index >= 15 is 0 Å². The van der Waals surface area contributed by atoms with Gasteiger partial charge >= 0.3 is 0 Å². The molecule has 1 saturated carbocycles. The lowest BCUT2D eigenvalue weighted by molar-refractivity contribution is -0.907. The van der Waals surface area contributed by atoms with Gasteiger partial charge in [-0.3, -0.25) is 0 Å². The molecule has 0 radical (unpaired) electrons. The van der Waals surface area contributed by atoms with Crippen LogP contribution in [-0.2, 0) is 5.60 Å². The van der Waals surface area contributed by atoms with Gasteiger partial charge in [-0.1, -0.05) is 70.9 Å². The van der Waals surface area contributed by atoms with Crippen molar-refractivity contribution in [2.24, 2.45) is 16.7 Å². The molecule has 2 fully saturated rings. The summed E-state index contributed by atoms with van der Waals surface area (Å²) in [5.41, 5.74) is 1.07. The summed E-state index contributed by atoms with van der Waals surface area (Å²) in [6.45, 7) is 13.6. The van der Waals surface area contributed by atoms with Crippen molar-refractivity contribution in [2.45, 2.75) is 71.9 Å². The Morgan fingerprint density at radius 3 is 2.50 bits per heavy atom. The maximum atomic E-state index is 11.2. The van der Waals surface area contributed by atoms with Crippen LogP contribution in [0.25, 0.3) is 0 Å². The minimum atomic E-state index is -0.863. The third kappa shape index (κ3) is 4.00. The summed E-state index contributed by atoms with van der Waals surface area (Å²) >= 11 is 0. The Bertz CT molecular complexity index is 683. The number of benzene rings is 1. The van der Waals surface area contributed by atoms with E-state index in [1.54, 1.807) is 4.90 Å². The maximum absolute atomic E-state index is 11.2. The monoisotopic (exact) mass is 354 g/mol. The number of hydrogen-bond donors (Lipinski definition) is 2. The molecule has 1 aliphatic heterocycles. The quantitative estimate of drug-likeness (QED) is 0.796. The number of hydrogen-bond acceptors (Lipinski definition) is 1. The van der Waals surface area contributed by atoms with Crippen molar-refractivity contribution >= 4 is 0 Å². The fourth-order valence-corrected chi connectivity index (χ4v) is 5.70. The van der Waals surface area contributed by atoms with Gasteiger partial charge in [0.25, 0.3) is 0 Å². The fraction of sp³-hybridized carbons (Fsp3) is 0.667. The zero-order valence-corrected chi connectivity index (χ0v) is 17.2. The molecule has 2 heteroatoms. The van der Waals surface area contributed by atoms with E-state index in [0.29, 0.717) is 17.3 Å². The Morgan fingerprint density at radius 1 is 1.15 bits per heavy atom. The van der Waals surface area contributed by atoms with Crippen molar-refractivity contribution in [3.8, 4) is 11.8 Å². The van der Waals surface area contributed by atoms with Crippen molar-refractivity contribution in [3.05, 3.63) is 35.9 Å². The van der Waals surface area contributed by atoms with Crippen molar-refractivity contribution in [1.29, 1.82) is 0 Å². The Labute approximate surface area is 160 Å². The average Bonchev–Trinajstić information content (AvgIpc) is 2.80. The normalized spacial score (nSPS) is 32.0. The molecule has 2 N–H and O–H groups in total. The highest BCUT2D eigenvalue weighted by molar-refractivity contribution is 5.25. The largest absolute Gasteiger partial charge is 0.384 e. The van der Waals surface area contributed by atoms with E-state index in [-0.39, 0.29) is 5.92 Å². The summed E-state index contributed by atoms with van der Waals surface area (Å²) in [5.74, 6) is 6.88. The fourth-order valence-electron chi connectivity index (χ4n) is 5.70. The highest BCUT2D eigenvalue weighted by atomic mass is 16.3. The summed E-state index contributed by atoms with van der Waals surface area (Å²) < 4.78 is 0. The summed E-state index contributed by atoms with van der Waals surface area (Å²) in [6.07, 6.45) is 4.52. The zero-order chi connectivity index (χ0) is 19.0. The lowest BCUT2D eigenvalue weighted by Crippen LogP contribution is -3.13. The first-order valence-electron chi connectivity index (χ1n) is 10.2. The first kappa shape index (κ1) is 19.5. The van der Waals surface area contributed by atoms with Crippen LogP contribution in [0.1, 0.15) is 65.9 Å². The molecule has 0 amide bonds. The summed E-state index contributed by atoms with van der Waals surface area (Å²) in [4.78, 5) is 1.67. The average molecular weight is 355 g/mol. The predicted molar refractivity (Wildman–Crippen MR) is 108 cm³/mol. The Hall–Kier alpha value is -1.30. The molecule has 0 spiro atoms. The number of rotatable bonds is 4. The molecule has 2 aliphatic rings. The molecule has 1 aliphatic carbocycles. The highest BCUT2D eigenvalue weighted by Gasteiger charge is 2.52. The smallest absolute Gasteiger partial charge is 0.139 e. The van der Waals surface area contributed by atoms with Gasteiger partial charge < -0.3 is 10.0 Å². The van der Waals surface area contributed by atoms with Crippen molar-refractivity contribution in [2.75, 3.05) is 13.1 Å². The number of fused-ring (bicyclic) bond motifs is 2. The Balaban J connectivity index is 1.65. The summed E-state index contributed by atoms with van der Waals surface area (Å²) in [5, 5.41) is 11.2. The van der Waals surface area contributed by atoms with Gasteiger partial charge in [0, 0.05) is 24.7 Å². The van der Waals surface area contributed by atoms with Crippen LogP contribution in [0.15, 0.2) is 30.3 Å². The topological polar surface area (TPSA) is 24.7 Å². The number of likely N-dealkylation sites (tertiary alicyclic amines) is 1. The van der Waals surface area contributed by atoms with Gasteiger partial charge in [0.05, 0.1) is 12.6 Å². The second-order valence-electron chi connectivity index (χ2n) is 10.2. The molecular formula is C24H36NO+. The van der Waals surface area contributed by atoms with Crippen LogP contribution in [0.4, 0.5) is 0 Å². The molecule has 3 rings (SSSR count). The molecular weight excluding hydrogens is 318 g/mol. The highest BCUT2D eigenvalue weighted by Crippen LogP contribution is 2.47. The zero-order valence-electron chi connectivity index (χ0n) is 17.2. The second kappa shape index (κ2) is 7.02. The third-order valence-electron chi connectivity index (χ3n) is 6.70. The number of quaternary nitrogens is 1. The van der Waals surface area contributed by atoms with Gasteiger partial charge in [-0.2, -0.15) is 0 Å². The van der Waals surface area contributed by atoms with Crippen LogP contribution >= 0.6 is 0 Å². The van der Waals surface area contributed by atoms with Gasteiger partial charge in [-0.05, 0) is 29.2 Å². The number of aliphatic hydroxyl groups is 1. The second-order valence-corrected chi connectivity index (χ2v) is 10.2. The molecule has 1 saturated heterocycles. The van der Waals surface area contributed by atoms with Crippen molar-refractivity contribution in [1.82, 2.24) is 0 Å². The van der Waals surface area contributed by atoms with Crippen LogP contribution in [-0.4, -0.2) is 24.2 Å². The molecule has 0 aromatic heterocycles. The minimum absolute atomic E-state index is 0.136. The van der Waals surface area contributed by atoms with Crippen LogP contribution < -0.4 is 4.90 Å². The van der Waals surface area contributed by atoms with Crippen LogP contribution in [0.5, 0.6) is 0 Å². The van der Waals surface area contributed by atoms with E-state index in [9.17, 15) is 5.11 Å². The maximum Gasteiger partial charge on any atom is 0.139 e. The van der Waals surface area contributed by atoms with Crippen LogP contribution in [0, 0.1) is 28.6 Å². The first-order chi connectivity index (χ1) is 12.1. The Morgan fingerprint density at radius 2 is 1.85 bits per heavy atom. The van der Waals surface area contributed by atoms with Gasteiger partial charge in [0.2, 0.25) is 0 Å². The SMILES string of the molecule is CC(C)[C@@](O)(CC#CC[NH+]1C[C@]2(C)C[C@H]1CC(C)(C)C2)c1ccccc1. The van der Waals surface area contributed by atoms with Crippen LogP contribution in [0.2, 0.25) is 0 Å². The van der Waals surface area contributed by atoms with Gasteiger partial charge in [-0.25, -0.2) is 0 Å². The van der Waals surface area contributed by atoms with Gasteiger partial charge in [0.1, 0.15) is 12.1 Å². The molecule has 4 atom stereocenters. The van der Waals surface area contributed by atoms with E-state index in [0.717, 1.165) is 18.2 Å². The summed E-state index contributed by atoms with van der Waals surface area (Å²) in [6, 6.07) is 10.8. The van der Waals surface area contributed by atoms with Crippen molar-refractivity contribution in [3.63, 3.8) is 0 Å². The molecule has 1 unspecified atom stereocenters. The first-order valence-corrected chi connectivity index (χ1v) is 10.2. The molecule has 26 heavy (non-hydrogen) atoms. The van der Waals surface area contributed by atoms with Gasteiger partial charge in [-0.15, -0.1) is 0 Å². The van der Waals surface area contributed by atoms with Gasteiger partial charge in [0.15, 0.2) is 0 Å².